The third kappa shape index (κ3) is 41.4. The Morgan fingerprint density at radius 2 is 0.911 bits per heavy atom. The maximum atomic E-state index is 12.5. The molecule has 0 aliphatic carbocycles. The number of hydrogen-bond donors (Lipinski definition) is 1. The summed E-state index contributed by atoms with van der Waals surface area (Å²) in [6, 6.07) is 0. The first-order valence-corrected chi connectivity index (χ1v) is 24.0. The van der Waals surface area contributed by atoms with Crippen molar-refractivity contribution in [2.45, 2.75) is 206 Å². The molecule has 0 spiro atoms. The molecule has 0 aliphatic heterocycles. The van der Waals surface area contributed by atoms with E-state index in [-0.39, 0.29) is 25.4 Å². The van der Waals surface area contributed by atoms with Gasteiger partial charge in [-0.2, -0.15) is 0 Å². The standard InChI is InChI=1S/C47H83O8P/c1-4-6-8-10-12-14-16-18-20-22-24-26-28-30-32-34-36-38-40-42-47(49)55-45(44-54-56(50,51)52-3)43-53-46(48)41-39-37-35-33-31-29-27-25-23-21-19-17-15-13-11-9-7-5-2/h6,8,12,14,18,20-21,23-24,26,45H,4-5,7,9-11,13,15-17,19,22,25,27-44H2,1-3H3,(H,50,51)/b8-6-,14-12-,20-18-,23-21-,26-24-. The number of phosphoric ester groups is 1. The van der Waals surface area contributed by atoms with E-state index in [0.717, 1.165) is 90.6 Å². The molecule has 2 atom stereocenters. The van der Waals surface area contributed by atoms with Crippen LogP contribution in [0.2, 0.25) is 0 Å². The molecule has 8 nitrogen and oxygen atoms in total. The fraction of sp³-hybridized carbons (Fsp3) is 0.745. The van der Waals surface area contributed by atoms with Crippen LogP contribution in [0.25, 0.3) is 0 Å². The Balaban J connectivity index is 4.01. The van der Waals surface area contributed by atoms with Gasteiger partial charge in [-0.3, -0.25) is 18.6 Å². The van der Waals surface area contributed by atoms with Gasteiger partial charge in [0.25, 0.3) is 0 Å². The summed E-state index contributed by atoms with van der Waals surface area (Å²) in [5.74, 6) is -0.825. The molecule has 0 amide bonds. The van der Waals surface area contributed by atoms with Gasteiger partial charge in [-0.05, 0) is 77.0 Å². The molecule has 0 saturated heterocycles. The van der Waals surface area contributed by atoms with Gasteiger partial charge in [0.1, 0.15) is 6.61 Å². The maximum absolute atomic E-state index is 12.5. The number of allylic oxidation sites excluding steroid dienone is 10. The average molecular weight is 807 g/mol. The minimum Gasteiger partial charge on any atom is -0.462 e. The zero-order valence-corrected chi connectivity index (χ0v) is 36.9. The minimum absolute atomic E-state index is 0.226. The average Bonchev–Trinajstić information content (AvgIpc) is 3.19. The van der Waals surface area contributed by atoms with Crippen molar-refractivity contribution >= 4 is 19.8 Å². The second kappa shape index (κ2) is 42.4. The van der Waals surface area contributed by atoms with Gasteiger partial charge in [0, 0.05) is 20.0 Å². The molecule has 0 aromatic carbocycles. The van der Waals surface area contributed by atoms with Crippen molar-refractivity contribution in [3.63, 3.8) is 0 Å². The van der Waals surface area contributed by atoms with E-state index < -0.39 is 26.5 Å². The summed E-state index contributed by atoms with van der Waals surface area (Å²) in [4.78, 5) is 34.5. The molecule has 0 saturated carbocycles. The quantitative estimate of drug-likeness (QED) is 0.0282. The Kier molecular flexibility index (Phi) is 40.7. The van der Waals surface area contributed by atoms with Crippen LogP contribution in [0, 0.1) is 0 Å². The summed E-state index contributed by atoms with van der Waals surface area (Å²) in [6.45, 7) is 3.77. The first-order valence-electron chi connectivity index (χ1n) is 22.5. The van der Waals surface area contributed by atoms with Crippen molar-refractivity contribution in [2.75, 3.05) is 20.3 Å². The van der Waals surface area contributed by atoms with Crippen LogP contribution in [0.3, 0.4) is 0 Å². The molecule has 0 aliphatic rings. The normalized spacial score (nSPS) is 13.9. The number of unbranched alkanes of at least 4 members (excludes halogenated alkanes) is 20. The Hall–Kier alpha value is -2.25. The number of carbonyl (C=O) groups is 2. The summed E-state index contributed by atoms with van der Waals surface area (Å²) in [5.41, 5.74) is 0. The van der Waals surface area contributed by atoms with Gasteiger partial charge in [0.05, 0.1) is 6.61 Å². The summed E-state index contributed by atoms with van der Waals surface area (Å²) >= 11 is 0. The fourth-order valence-corrected chi connectivity index (χ4v) is 6.52. The van der Waals surface area contributed by atoms with Gasteiger partial charge in [-0.1, -0.05) is 171 Å². The minimum atomic E-state index is -4.27. The Bertz CT molecular complexity index is 1100. The van der Waals surface area contributed by atoms with E-state index in [9.17, 15) is 19.0 Å². The first kappa shape index (κ1) is 53.8. The van der Waals surface area contributed by atoms with Crippen molar-refractivity contribution in [1.82, 2.24) is 0 Å². The second-order valence-corrected chi connectivity index (χ2v) is 16.4. The van der Waals surface area contributed by atoms with Gasteiger partial charge in [0.2, 0.25) is 0 Å². The van der Waals surface area contributed by atoms with E-state index >= 15 is 0 Å². The van der Waals surface area contributed by atoms with Gasteiger partial charge < -0.3 is 14.4 Å². The molecule has 1 N–H and O–H groups in total. The number of carbonyl (C=O) groups excluding carboxylic acids is 2. The molecule has 0 radical (unpaired) electrons. The van der Waals surface area contributed by atoms with Crippen LogP contribution in [-0.4, -0.2) is 43.3 Å². The van der Waals surface area contributed by atoms with Crippen LogP contribution in [0.1, 0.15) is 200 Å². The van der Waals surface area contributed by atoms with Crippen molar-refractivity contribution in [3.05, 3.63) is 60.8 Å². The van der Waals surface area contributed by atoms with Crippen LogP contribution in [0.15, 0.2) is 60.8 Å². The molecule has 9 heteroatoms. The smallest absolute Gasteiger partial charge is 0.462 e. The van der Waals surface area contributed by atoms with E-state index in [2.05, 4.69) is 79.1 Å². The van der Waals surface area contributed by atoms with E-state index in [1.165, 1.54) is 83.5 Å². The fourth-order valence-electron chi connectivity index (χ4n) is 6.06. The molecular weight excluding hydrogens is 723 g/mol. The molecule has 0 aromatic heterocycles. The Morgan fingerprint density at radius 1 is 0.518 bits per heavy atom. The Morgan fingerprint density at radius 3 is 1.38 bits per heavy atom. The first-order chi connectivity index (χ1) is 27.3. The number of rotatable bonds is 41. The number of hydrogen-bond acceptors (Lipinski definition) is 7. The number of ether oxygens (including phenoxy) is 2. The second-order valence-electron chi connectivity index (χ2n) is 14.8. The largest absolute Gasteiger partial charge is 0.472 e. The molecule has 2 unspecified atom stereocenters. The van der Waals surface area contributed by atoms with Gasteiger partial charge in [-0.25, -0.2) is 4.57 Å². The third-order valence-corrected chi connectivity index (χ3v) is 10.4. The lowest BCUT2D eigenvalue weighted by Crippen LogP contribution is -2.29. The van der Waals surface area contributed by atoms with Gasteiger partial charge in [-0.15, -0.1) is 0 Å². The molecular formula is C47H83O8P. The van der Waals surface area contributed by atoms with Crippen molar-refractivity contribution in [3.8, 4) is 0 Å². The molecule has 56 heavy (non-hydrogen) atoms. The Labute approximate surface area is 343 Å². The number of esters is 2. The van der Waals surface area contributed by atoms with Crippen LogP contribution >= 0.6 is 7.82 Å². The SMILES string of the molecule is CC/C=C\C/C=C\C/C=C\C/C=C\CCCCCCCCC(=O)OC(COC(=O)CCCCCCCCC/C=C\CCCCCCCCC)COP(=O)(O)OC. The zero-order chi connectivity index (χ0) is 41.1. The van der Waals surface area contributed by atoms with Crippen molar-refractivity contribution < 1.29 is 37.6 Å². The van der Waals surface area contributed by atoms with Crippen LogP contribution in [0.4, 0.5) is 0 Å². The molecule has 0 fully saturated rings. The molecule has 324 valence electrons. The van der Waals surface area contributed by atoms with E-state index in [1.807, 2.05) is 0 Å². The number of phosphoric acid groups is 1. The lowest BCUT2D eigenvalue weighted by atomic mass is 10.1. The predicted octanol–water partition coefficient (Wildman–Crippen LogP) is 14.3. The highest BCUT2D eigenvalue weighted by atomic mass is 31.2. The van der Waals surface area contributed by atoms with E-state index in [4.69, 9.17) is 14.0 Å². The van der Waals surface area contributed by atoms with Crippen LogP contribution < -0.4 is 0 Å². The molecule has 0 bridgehead atoms. The van der Waals surface area contributed by atoms with E-state index in [1.54, 1.807) is 0 Å². The lowest BCUT2D eigenvalue weighted by Gasteiger charge is -2.19. The highest BCUT2D eigenvalue weighted by Gasteiger charge is 2.24. The summed E-state index contributed by atoms with van der Waals surface area (Å²) < 4.78 is 32.0. The highest BCUT2D eigenvalue weighted by molar-refractivity contribution is 7.47. The van der Waals surface area contributed by atoms with Gasteiger partial charge in [0.15, 0.2) is 6.10 Å². The monoisotopic (exact) mass is 807 g/mol. The summed E-state index contributed by atoms with van der Waals surface area (Å²) in [5, 5.41) is 0. The van der Waals surface area contributed by atoms with Gasteiger partial charge >= 0.3 is 19.8 Å². The lowest BCUT2D eigenvalue weighted by molar-refractivity contribution is -0.161. The summed E-state index contributed by atoms with van der Waals surface area (Å²) in [6.07, 6.45) is 52.7. The van der Waals surface area contributed by atoms with Crippen molar-refractivity contribution in [1.29, 1.82) is 0 Å². The van der Waals surface area contributed by atoms with Crippen molar-refractivity contribution in [2.24, 2.45) is 0 Å². The molecule has 0 aromatic rings. The molecule has 0 rings (SSSR count). The highest BCUT2D eigenvalue weighted by Crippen LogP contribution is 2.42. The topological polar surface area (TPSA) is 108 Å². The molecule has 0 heterocycles. The van der Waals surface area contributed by atoms with Crippen LogP contribution in [-0.2, 0) is 32.7 Å². The zero-order valence-electron chi connectivity index (χ0n) is 36.0. The van der Waals surface area contributed by atoms with Crippen LogP contribution in [0.5, 0.6) is 0 Å². The third-order valence-electron chi connectivity index (χ3n) is 9.50. The maximum Gasteiger partial charge on any atom is 0.472 e. The van der Waals surface area contributed by atoms with E-state index in [0.29, 0.717) is 6.42 Å². The predicted molar refractivity (Wildman–Crippen MR) is 235 cm³/mol. The summed E-state index contributed by atoms with van der Waals surface area (Å²) in [7, 11) is -3.21.